The Morgan fingerprint density at radius 3 is 2.50 bits per heavy atom. The van der Waals surface area contributed by atoms with Gasteiger partial charge in [0.05, 0.1) is 6.54 Å². The van der Waals surface area contributed by atoms with E-state index in [4.69, 9.17) is 4.74 Å². The van der Waals surface area contributed by atoms with E-state index in [1.54, 1.807) is 4.57 Å². The molecular formula is C15H18N2O5. The van der Waals surface area contributed by atoms with Crippen molar-refractivity contribution in [2.75, 3.05) is 6.61 Å². The van der Waals surface area contributed by atoms with E-state index in [9.17, 15) is 4.79 Å². The molecule has 4 rings (SSSR count). The van der Waals surface area contributed by atoms with Crippen LogP contribution in [0, 0.1) is 6.92 Å². The normalized spacial score (nSPS) is 11.9. The van der Waals surface area contributed by atoms with Gasteiger partial charge >= 0.3 is 0 Å². The molecule has 0 bridgehead atoms. The Morgan fingerprint density at radius 2 is 1.77 bits per heavy atom. The van der Waals surface area contributed by atoms with Crippen LogP contribution >= 0.6 is 0 Å². The molecule has 0 unspecified atom stereocenters. The smallest absolute Gasteiger partial charge is 0.259 e. The summed E-state index contributed by atoms with van der Waals surface area (Å²) in [7, 11) is 0. The van der Waals surface area contributed by atoms with Crippen molar-refractivity contribution >= 4 is 21.7 Å². The number of hydrogen-bond donors (Lipinski definition) is 0. The molecule has 3 heterocycles. The second-order valence-corrected chi connectivity index (χ2v) is 4.82. The molecule has 3 aromatic rings. The van der Waals surface area contributed by atoms with Crippen LogP contribution in [0.15, 0.2) is 35.1 Å². The molecule has 0 amide bonds. The third kappa shape index (κ3) is 2.21. The van der Waals surface area contributed by atoms with Gasteiger partial charge in [-0.3, -0.25) is 9.36 Å². The molecule has 0 fully saturated rings. The number of aromatic nitrogens is 2. The average Bonchev–Trinajstić information content (AvgIpc) is 2.44. The highest BCUT2D eigenvalue weighted by molar-refractivity contribution is 6.07. The number of ether oxygens (including phenoxy) is 1. The fraction of sp³-hybridized carbons (Fsp3) is 0.200. The molecule has 7 heteroatoms. The number of hydrogen-bond acceptors (Lipinski definition) is 3. The zero-order valence-electron chi connectivity index (χ0n) is 12.0. The molecule has 0 radical (unpaired) electrons. The minimum atomic E-state index is 0. The first kappa shape index (κ1) is 17.6. The predicted molar refractivity (Wildman–Crippen MR) is 84.6 cm³/mol. The monoisotopic (exact) mass is 306 g/mol. The fourth-order valence-corrected chi connectivity index (χ4v) is 2.80. The van der Waals surface area contributed by atoms with E-state index in [-0.39, 0.29) is 22.0 Å². The van der Waals surface area contributed by atoms with Gasteiger partial charge in [-0.2, -0.15) is 0 Å². The molecule has 2 aromatic heterocycles. The van der Waals surface area contributed by atoms with Gasteiger partial charge in [-0.1, -0.05) is 18.2 Å². The summed E-state index contributed by atoms with van der Waals surface area (Å²) in [6, 6.07) is 9.73. The lowest BCUT2D eigenvalue weighted by Gasteiger charge is -2.20. The average molecular weight is 306 g/mol. The van der Waals surface area contributed by atoms with Gasteiger partial charge in [0.1, 0.15) is 12.1 Å². The second-order valence-electron chi connectivity index (χ2n) is 4.82. The summed E-state index contributed by atoms with van der Waals surface area (Å²) in [5.41, 5.74) is 1.76. The van der Waals surface area contributed by atoms with Crippen molar-refractivity contribution in [3.63, 3.8) is 0 Å². The molecule has 0 saturated carbocycles. The molecule has 22 heavy (non-hydrogen) atoms. The van der Waals surface area contributed by atoms with Gasteiger partial charge in [0.15, 0.2) is 0 Å². The number of nitrogens with zero attached hydrogens (tertiary/aromatic N) is 2. The maximum atomic E-state index is 12.5. The quantitative estimate of drug-likeness (QED) is 0.530. The van der Waals surface area contributed by atoms with E-state index in [0.717, 1.165) is 27.4 Å². The lowest BCUT2D eigenvalue weighted by molar-refractivity contribution is 0.273. The highest BCUT2D eigenvalue weighted by atomic mass is 16.5. The molecule has 118 valence electrons. The Labute approximate surface area is 125 Å². The molecule has 1 aliphatic rings. The topological polar surface area (TPSA) is 139 Å². The number of aryl methyl sites for hydroxylation is 1. The van der Waals surface area contributed by atoms with Crippen LogP contribution in [-0.4, -0.2) is 32.6 Å². The molecule has 0 saturated heterocycles. The number of rotatable bonds is 0. The van der Waals surface area contributed by atoms with Crippen LogP contribution < -0.4 is 10.3 Å². The molecule has 6 N–H and O–H groups in total. The first-order chi connectivity index (χ1) is 9.25. The summed E-state index contributed by atoms with van der Waals surface area (Å²) in [4.78, 5) is 16.9. The van der Waals surface area contributed by atoms with Crippen molar-refractivity contribution in [3.05, 3.63) is 46.4 Å². The summed E-state index contributed by atoms with van der Waals surface area (Å²) < 4.78 is 7.39. The fourth-order valence-electron chi connectivity index (χ4n) is 2.80. The third-order valence-electron chi connectivity index (χ3n) is 3.61. The summed E-state index contributed by atoms with van der Waals surface area (Å²) in [5, 5.41) is 2.77. The second kappa shape index (κ2) is 6.10. The van der Waals surface area contributed by atoms with Crippen molar-refractivity contribution in [1.82, 2.24) is 9.55 Å². The Kier molecular flexibility index (Phi) is 4.87. The summed E-state index contributed by atoms with van der Waals surface area (Å²) in [6.45, 7) is 3.02. The van der Waals surface area contributed by atoms with E-state index in [1.165, 1.54) is 0 Å². The van der Waals surface area contributed by atoms with E-state index >= 15 is 0 Å². The van der Waals surface area contributed by atoms with Crippen molar-refractivity contribution in [3.8, 4) is 5.88 Å². The molecule has 0 aliphatic carbocycles. The molecule has 1 aromatic carbocycles. The van der Waals surface area contributed by atoms with E-state index in [2.05, 4.69) is 4.98 Å². The summed E-state index contributed by atoms with van der Waals surface area (Å²) in [5.74, 6) is 0.573. The van der Waals surface area contributed by atoms with E-state index < -0.39 is 0 Å². The van der Waals surface area contributed by atoms with Crippen LogP contribution in [0.5, 0.6) is 5.88 Å². The highest BCUT2D eigenvalue weighted by Crippen LogP contribution is 2.30. The minimum absolute atomic E-state index is 0. The summed E-state index contributed by atoms with van der Waals surface area (Å²) in [6.07, 6.45) is 0. The van der Waals surface area contributed by atoms with Crippen LogP contribution in [-0.2, 0) is 6.54 Å². The van der Waals surface area contributed by atoms with Gasteiger partial charge in [-0.25, -0.2) is 4.98 Å². The van der Waals surface area contributed by atoms with Crippen molar-refractivity contribution in [1.29, 1.82) is 0 Å². The molecular weight excluding hydrogens is 288 g/mol. The first-order valence-corrected chi connectivity index (χ1v) is 6.31. The zero-order valence-corrected chi connectivity index (χ0v) is 12.0. The van der Waals surface area contributed by atoms with E-state index in [1.807, 2.05) is 37.3 Å². The minimum Gasteiger partial charge on any atom is -0.474 e. The van der Waals surface area contributed by atoms with Gasteiger partial charge in [-0.15, -0.1) is 0 Å². The number of benzene rings is 1. The molecule has 1 aliphatic heterocycles. The first-order valence-electron chi connectivity index (χ1n) is 6.31. The maximum absolute atomic E-state index is 12.5. The third-order valence-corrected chi connectivity index (χ3v) is 3.61. The predicted octanol–water partition coefficient (Wildman–Crippen LogP) is -0.224. The molecule has 7 nitrogen and oxygen atoms in total. The van der Waals surface area contributed by atoms with Crippen LogP contribution in [0.25, 0.3) is 21.7 Å². The zero-order chi connectivity index (χ0) is 13.0. The van der Waals surface area contributed by atoms with Gasteiger partial charge in [0.25, 0.3) is 5.56 Å². The van der Waals surface area contributed by atoms with Gasteiger partial charge in [0, 0.05) is 16.5 Å². The highest BCUT2D eigenvalue weighted by Gasteiger charge is 2.19. The Morgan fingerprint density at radius 1 is 1.09 bits per heavy atom. The Balaban J connectivity index is 0.000000807. The Bertz CT molecular complexity index is 888. The van der Waals surface area contributed by atoms with Gasteiger partial charge in [0.2, 0.25) is 5.88 Å². The van der Waals surface area contributed by atoms with Crippen molar-refractivity contribution < 1.29 is 21.2 Å². The van der Waals surface area contributed by atoms with Crippen LogP contribution in [0.1, 0.15) is 5.69 Å². The largest absolute Gasteiger partial charge is 0.474 e. The molecule has 0 spiro atoms. The number of pyridine rings is 2. The number of fused-ring (bicyclic) bond motifs is 2. The molecule has 0 atom stereocenters. The summed E-state index contributed by atoms with van der Waals surface area (Å²) >= 11 is 0. The van der Waals surface area contributed by atoms with Gasteiger partial charge < -0.3 is 21.2 Å². The van der Waals surface area contributed by atoms with Crippen molar-refractivity contribution in [2.45, 2.75) is 13.5 Å². The van der Waals surface area contributed by atoms with Gasteiger partial charge in [-0.05, 0) is 24.4 Å². The lowest BCUT2D eigenvalue weighted by atomic mass is 10.1. The van der Waals surface area contributed by atoms with Crippen molar-refractivity contribution in [2.24, 2.45) is 0 Å². The lowest BCUT2D eigenvalue weighted by Crippen LogP contribution is -2.28. The standard InChI is InChI=1S/C15H12N2O2.3H2O/c1-9-8-12-10-4-2-3-5-11(10)15(18)17-6-7-19-14(16-9)13(12)17;;;/h2-5,8H,6-7H2,1H3;3*1H2. The Hall–Kier alpha value is -2.48. The SMILES string of the molecule is Cc1cc2c3ccccc3c(=O)n3c2c(n1)OCC3.O.O.O. The van der Waals surface area contributed by atoms with Crippen LogP contribution in [0.2, 0.25) is 0 Å². The van der Waals surface area contributed by atoms with Crippen LogP contribution in [0.3, 0.4) is 0 Å². The van der Waals surface area contributed by atoms with E-state index in [0.29, 0.717) is 19.0 Å². The van der Waals surface area contributed by atoms with Crippen LogP contribution in [0.4, 0.5) is 0 Å². The maximum Gasteiger partial charge on any atom is 0.259 e.